The molecule has 178 valence electrons. The number of hydrogen-bond acceptors (Lipinski definition) is 7. The lowest BCUT2D eigenvalue weighted by Gasteiger charge is -2.51. The van der Waals surface area contributed by atoms with Gasteiger partial charge >= 0.3 is 5.97 Å². The largest absolute Gasteiger partial charge is 0.466 e. The third kappa shape index (κ3) is 4.19. The number of aliphatic hydroxyl groups is 1. The molecule has 0 radical (unpaired) electrons. The van der Waals surface area contributed by atoms with E-state index in [1.54, 1.807) is 25.1 Å². The van der Waals surface area contributed by atoms with Gasteiger partial charge in [-0.25, -0.2) is 4.79 Å². The van der Waals surface area contributed by atoms with Gasteiger partial charge in [0.15, 0.2) is 18.5 Å². The van der Waals surface area contributed by atoms with Gasteiger partial charge in [0, 0.05) is 30.7 Å². The van der Waals surface area contributed by atoms with E-state index in [1.807, 2.05) is 0 Å². The summed E-state index contributed by atoms with van der Waals surface area (Å²) in [4.78, 5) is 26.1. The Hall–Kier alpha value is -2.65. The van der Waals surface area contributed by atoms with Crippen LogP contribution in [-0.2, 0) is 19.9 Å². The normalized spacial score (nSPS) is 29.0. The van der Waals surface area contributed by atoms with Crippen LogP contribution >= 0.6 is 0 Å². The molecule has 0 aromatic carbocycles. The van der Waals surface area contributed by atoms with Crippen LogP contribution in [0, 0.1) is 18.8 Å². The number of aryl methyl sites for hydroxylation is 1. The van der Waals surface area contributed by atoms with Gasteiger partial charge in [-0.3, -0.25) is 4.79 Å². The third-order valence-corrected chi connectivity index (χ3v) is 7.83. The van der Waals surface area contributed by atoms with Crippen LogP contribution in [0.4, 0.5) is 5.82 Å². The number of rotatable bonds is 7. The molecule has 9 nitrogen and oxygen atoms in total. The van der Waals surface area contributed by atoms with Crippen molar-refractivity contribution in [1.29, 1.82) is 0 Å². The number of aromatic nitrogens is 1. The fourth-order valence-electron chi connectivity index (χ4n) is 6.02. The number of anilines is 1. The second-order valence-corrected chi connectivity index (χ2v) is 10.0. The van der Waals surface area contributed by atoms with E-state index in [2.05, 4.69) is 10.5 Å². The molecule has 1 aliphatic carbocycles. The lowest BCUT2D eigenvalue weighted by Crippen LogP contribution is -2.66. The first-order valence-electron chi connectivity index (χ1n) is 11.9. The Balaban J connectivity index is 1.28. The molecule has 4 aliphatic rings. The second-order valence-electron chi connectivity index (χ2n) is 10.0. The van der Waals surface area contributed by atoms with Gasteiger partial charge in [0.2, 0.25) is 5.60 Å². The van der Waals surface area contributed by atoms with E-state index in [4.69, 9.17) is 13.7 Å². The summed E-state index contributed by atoms with van der Waals surface area (Å²) >= 11 is 0. The lowest BCUT2D eigenvalue weighted by molar-refractivity contribution is -0.939. The predicted octanol–water partition coefficient (Wildman–Crippen LogP) is 2.74. The fraction of sp³-hybridized carbons (Fsp3) is 0.625. The second kappa shape index (κ2) is 8.61. The molecule has 2 aromatic rings. The number of esters is 1. The molecular formula is C24H32N3O6+. The molecule has 2 aromatic heterocycles. The molecular weight excluding hydrogens is 426 g/mol. The Morgan fingerprint density at radius 2 is 2.03 bits per heavy atom. The average Bonchev–Trinajstić information content (AvgIpc) is 3.57. The Morgan fingerprint density at radius 1 is 1.27 bits per heavy atom. The Kier molecular flexibility index (Phi) is 5.78. The molecule has 0 spiro atoms. The number of piperidine rings is 3. The Morgan fingerprint density at radius 3 is 2.67 bits per heavy atom. The molecule has 6 rings (SSSR count). The summed E-state index contributed by atoms with van der Waals surface area (Å²) in [7, 11) is 0. The van der Waals surface area contributed by atoms with Crippen LogP contribution in [-0.4, -0.2) is 58.9 Å². The van der Waals surface area contributed by atoms with Gasteiger partial charge in [0.25, 0.3) is 5.91 Å². The van der Waals surface area contributed by atoms with Gasteiger partial charge in [-0.2, -0.15) is 0 Å². The number of hydrogen-bond donors (Lipinski definition) is 2. The minimum atomic E-state index is -1.76. The van der Waals surface area contributed by atoms with Crippen molar-refractivity contribution in [1.82, 2.24) is 5.16 Å². The SMILES string of the molecule is Cc1cc(NC(=O)C[N+]23CCC(CC2)[C@@H](OC(=O)C(O)(c2ccco2)C2CCCC2)C3)no1. The average molecular weight is 459 g/mol. The molecule has 1 saturated carbocycles. The van der Waals surface area contributed by atoms with Crippen molar-refractivity contribution in [2.45, 2.75) is 57.2 Å². The van der Waals surface area contributed by atoms with Gasteiger partial charge in [-0.15, -0.1) is 0 Å². The number of nitrogens with zero attached hydrogens (tertiary/aromatic N) is 2. The van der Waals surface area contributed by atoms with Crippen molar-refractivity contribution in [2.75, 3.05) is 31.5 Å². The molecule has 2 atom stereocenters. The van der Waals surface area contributed by atoms with Crippen molar-refractivity contribution in [2.24, 2.45) is 11.8 Å². The third-order valence-electron chi connectivity index (χ3n) is 7.83. The van der Waals surface area contributed by atoms with E-state index in [9.17, 15) is 14.7 Å². The highest BCUT2D eigenvalue weighted by molar-refractivity contribution is 5.90. The number of furan rings is 1. The number of quaternary nitrogens is 1. The van der Waals surface area contributed by atoms with E-state index in [0.29, 0.717) is 22.6 Å². The van der Waals surface area contributed by atoms with Crippen LogP contribution < -0.4 is 5.32 Å². The molecule has 2 bridgehead atoms. The highest BCUT2D eigenvalue weighted by Crippen LogP contribution is 2.43. The van der Waals surface area contributed by atoms with E-state index in [0.717, 1.165) is 51.6 Å². The quantitative estimate of drug-likeness (QED) is 0.484. The molecule has 3 aliphatic heterocycles. The molecule has 1 unspecified atom stereocenters. The summed E-state index contributed by atoms with van der Waals surface area (Å²) in [6, 6.07) is 5.02. The summed E-state index contributed by atoms with van der Waals surface area (Å²) in [5.41, 5.74) is -1.76. The maximum Gasteiger partial charge on any atom is 0.346 e. The predicted molar refractivity (Wildman–Crippen MR) is 117 cm³/mol. The summed E-state index contributed by atoms with van der Waals surface area (Å²) in [6.45, 7) is 4.37. The van der Waals surface area contributed by atoms with Crippen molar-refractivity contribution in [3.05, 3.63) is 36.0 Å². The highest BCUT2D eigenvalue weighted by atomic mass is 16.6. The van der Waals surface area contributed by atoms with Crippen molar-refractivity contribution in [3.8, 4) is 0 Å². The van der Waals surface area contributed by atoms with Gasteiger partial charge in [-0.05, 0) is 31.9 Å². The first-order chi connectivity index (χ1) is 15.9. The molecule has 3 saturated heterocycles. The van der Waals surface area contributed by atoms with Gasteiger partial charge in [0.1, 0.15) is 18.1 Å². The summed E-state index contributed by atoms with van der Waals surface area (Å²) in [6.07, 6.45) is 6.41. The van der Waals surface area contributed by atoms with Crippen molar-refractivity contribution >= 4 is 17.7 Å². The fourth-order valence-corrected chi connectivity index (χ4v) is 6.02. The maximum absolute atomic E-state index is 13.4. The van der Waals surface area contributed by atoms with Gasteiger partial charge in [-0.1, -0.05) is 18.0 Å². The molecule has 2 N–H and O–H groups in total. The number of amides is 1. The van der Waals surface area contributed by atoms with Crippen LogP contribution in [0.2, 0.25) is 0 Å². The van der Waals surface area contributed by atoms with Gasteiger partial charge in [0.05, 0.1) is 19.4 Å². The first kappa shape index (κ1) is 22.2. The minimum absolute atomic E-state index is 0.133. The lowest BCUT2D eigenvalue weighted by atomic mass is 9.81. The standard InChI is InChI=1S/C24H31N3O6/c1-16-13-21(26-33-16)25-22(28)15-27-10-8-17(9-11-27)19(14-27)32-23(29)24(30,18-5-2-3-6-18)20-7-4-12-31-20/h4,7,12-13,17-19,30H,2-3,5-6,8-11,14-15H2,1H3/p+1/t17?,19-,24?,27?/m0/s1. The van der Waals surface area contributed by atoms with E-state index in [-0.39, 0.29) is 36.2 Å². The summed E-state index contributed by atoms with van der Waals surface area (Å²) in [5, 5.41) is 18.2. The molecule has 4 fully saturated rings. The highest BCUT2D eigenvalue weighted by Gasteiger charge is 2.54. The van der Waals surface area contributed by atoms with Crippen LogP contribution in [0.5, 0.6) is 0 Å². The summed E-state index contributed by atoms with van der Waals surface area (Å²) in [5.74, 6) is 0.583. The maximum atomic E-state index is 13.4. The number of nitrogens with one attached hydrogen (secondary N) is 1. The number of carbonyl (C=O) groups is 2. The molecule has 5 heterocycles. The Labute approximate surface area is 192 Å². The zero-order valence-electron chi connectivity index (χ0n) is 19.0. The van der Waals surface area contributed by atoms with E-state index < -0.39 is 11.6 Å². The monoisotopic (exact) mass is 458 g/mol. The number of ether oxygens (including phenoxy) is 1. The molecule has 9 heteroatoms. The van der Waals surface area contributed by atoms with E-state index >= 15 is 0 Å². The Bertz CT molecular complexity index is 988. The van der Waals surface area contributed by atoms with Crippen molar-refractivity contribution in [3.63, 3.8) is 0 Å². The smallest absolute Gasteiger partial charge is 0.346 e. The topological polar surface area (TPSA) is 115 Å². The van der Waals surface area contributed by atoms with Crippen LogP contribution in [0.1, 0.15) is 50.0 Å². The van der Waals surface area contributed by atoms with Crippen LogP contribution in [0.15, 0.2) is 33.4 Å². The number of carbonyl (C=O) groups excluding carboxylic acids is 2. The number of fused-ring (bicyclic) bond motifs is 3. The van der Waals surface area contributed by atoms with E-state index in [1.165, 1.54) is 6.26 Å². The first-order valence-corrected chi connectivity index (χ1v) is 11.9. The minimum Gasteiger partial charge on any atom is -0.466 e. The van der Waals surface area contributed by atoms with Crippen molar-refractivity contribution < 1.29 is 32.9 Å². The van der Waals surface area contributed by atoms with Crippen LogP contribution in [0.3, 0.4) is 0 Å². The molecule has 1 amide bonds. The van der Waals surface area contributed by atoms with Crippen LogP contribution in [0.25, 0.3) is 0 Å². The summed E-state index contributed by atoms with van der Waals surface area (Å²) < 4.78 is 17.1. The zero-order chi connectivity index (χ0) is 23.1. The zero-order valence-corrected chi connectivity index (χ0v) is 19.0. The van der Waals surface area contributed by atoms with Gasteiger partial charge < -0.3 is 28.6 Å². The molecule has 33 heavy (non-hydrogen) atoms.